The molecule has 1 nitrogen and oxygen atoms in total. The van der Waals surface area contributed by atoms with Crippen molar-refractivity contribution in [1.29, 1.82) is 0 Å². The summed E-state index contributed by atoms with van der Waals surface area (Å²) < 4.78 is 0. The Morgan fingerprint density at radius 2 is 1.00 bits per heavy atom. The maximum atomic E-state index is 5.15. The Morgan fingerprint density at radius 3 is 1.88 bits per heavy atom. The van der Waals surface area contributed by atoms with E-state index < -0.39 is 0 Å². The summed E-state index contributed by atoms with van der Waals surface area (Å²) in [6.07, 6.45) is 0. The van der Waals surface area contributed by atoms with E-state index in [9.17, 15) is 0 Å². The molecule has 7 rings (SSSR count). The highest BCUT2D eigenvalue weighted by molar-refractivity contribution is 6.22. The average Bonchev–Trinajstić information content (AvgIpc) is 2.87. The molecule has 0 saturated carbocycles. The maximum Gasteiger partial charge on any atom is 0.0788 e. The van der Waals surface area contributed by atoms with Crippen LogP contribution >= 0.6 is 0 Å². The van der Waals surface area contributed by atoms with Crippen molar-refractivity contribution in [2.45, 2.75) is 0 Å². The predicted molar refractivity (Wildman–Crippen MR) is 137 cm³/mol. The fourth-order valence-electron chi connectivity index (χ4n) is 5.10. The number of pyridine rings is 1. The summed E-state index contributed by atoms with van der Waals surface area (Å²) >= 11 is 0. The first kappa shape index (κ1) is 17.5. The molecular formula is C31H19N. The Bertz CT molecular complexity index is 1810. The number of para-hydroxylation sites is 1. The molecule has 1 aromatic heterocycles. The molecule has 0 fully saturated rings. The van der Waals surface area contributed by atoms with E-state index in [-0.39, 0.29) is 0 Å². The van der Waals surface area contributed by atoms with Gasteiger partial charge < -0.3 is 0 Å². The van der Waals surface area contributed by atoms with E-state index in [4.69, 9.17) is 4.98 Å². The van der Waals surface area contributed by atoms with Gasteiger partial charge in [-0.25, -0.2) is 4.98 Å². The highest BCUT2D eigenvalue weighted by Crippen LogP contribution is 2.38. The molecule has 0 radical (unpaired) electrons. The monoisotopic (exact) mass is 405 g/mol. The number of aromatic nitrogens is 1. The molecule has 7 aromatic rings. The molecule has 0 unspecified atom stereocenters. The highest BCUT2D eigenvalue weighted by atomic mass is 14.7. The fraction of sp³-hybridized carbons (Fsp3) is 0. The summed E-state index contributed by atoms with van der Waals surface area (Å²) in [7, 11) is 0. The summed E-state index contributed by atoms with van der Waals surface area (Å²) in [5.41, 5.74) is 3.23. The van der Waals surface area contributed by atoms with Crippen LogP contribution in [0.15, 0.2) is 115 Å². The predicted octanol–water partition coefficient (Wildman–Crippen LogP) is 8.51. The largest absolute Gasteiger partial charge is 0.247 e. The second-order valence-electron chi connectivity index (χ2n) is 8.41. The first-order chi connectivity index (χ1) is 15.9. The molecule has 0 aliphatic rings. The van der Waals surface area contributed by atoms with Crippen LogP contribution in [0.5, 0.6) is 0 Å². The molecule has 0 saturated heterocycles. The minimum Gasteiger partial charge on any atom is -0.247 e. The molecule has 0 bridgehead atoms. The molecule has 0 atom stereocenters. The van der Waals surface area contributed by atoms with E-state index in [1.165, 1.54) is 48.5 Å². The van der Waals surface area contributed by atoms with E-state index in [0.717, 1.165) is 16.8 Å². The van der Waals surface area contributed by atoms with Gasteiger partial charge in [0.2, 0.25) is 0 Å². The van der Waals surface area contributed by atoms with Crippen LogP contribution in [0.1, 0.15) is 0 Å². The van der Waals surface area contributed by atoms with Gasteiger partial charge in [-0.2, -0.15) is 0 Å². The van der Waals surface area contributed by atoms with Crippen LogP contribution in [-0.2, 0) is 0 Å². The zero-order valence-electron chi connectivity index (χ0n) is 17.4. The molecule has 0 aliphatic carbocycles. The van der Waals surface area contributed by atoms with Crippen molar-refractivity contribution in [1.82, 2.24) is 4.98 Å². The normalized spacial score (nSPS) is 11.8. The molecule has 0 spiro atoms. The van der Waals surface area contributed by atoms with Crippen LogP contribution in [0.3, 0.4) is 0 Å². The van der Waals surface area contributed by atoms with Gasteiger partial charge in [-0.05, 0) is 44.5 Å². The molecule has 32 heavy (non-hydrogen) atoms. The van der Waals surface area contributed by atoms with Gasteiger partial charge in [0.25, 0.3) is 0 Å². The van der Waals surface area contributed by atoms with Gasteiger partial charge in [0.1, 0.15) is 0 Å². The standard InChI is InChI=1S/C31H19N/c1-3-9-24-20(7-1)13-14-22-19-23(16-17-25(22)24)31-28-18-15-21-8-2-4-10-26(21)30(28)27-11-5-6-12-29(27)32-31/h1-19H. The van der Waals surface area contributed by atoms with E-state index >= 15 is 0 Å². The van der Waals surface area contributed by atoms with Gasteiger partial charge in [0, 0.05) is 21.7 Å². The maximum absolute atomic E-state index is 5.15. The second kappa shape index (κ2) is 6.63. The molecule has 1 heteroatoms. The van der Waals surface area contributed by atoms with E-state index in [1.807, 2.05) is 0 Å². The van der Waals surface area contributed by atoms with Gasteiger partial charge in [0.15, 0.2) is 0 Å². The van der Waals surface area contributed by atoms with Crippen LogP contribution < -0.4 is 0 Å². The summed E-state index contributed by atoms with van der Waals surface area (Å²) in [6.45, 7) is 0. The van der Waals surface area contributed by atoms with Gasteiger partial charge in [-0.15, -0.1) is 0 Å². The lowest BCUT2D eigenvalue weighted by atomic mass is 9.94. The summed E-state index contributed by atoms with van der Waals surface area (Å²) in [5.74, 6) is 0. The minimum atomic E-state index is 1.03. The van der Waals surface area contributed by atoms with Crippen molar-refractivity contribution in [3.8, 4) is 11.3 Å². The second-order valence-corrected chi connectivity index (χ2v) is 8.41. The lowest BCUT2D eigenvalue weighted by Crippen LogP contribution is -1.91. The Labute approximate surface area is 185 Å². The molecule has 6 aromatic carbocycles. The molecule has 0 aliphatic heterocycles. The number of fused-ring (bicyclic) bond motifs is 8. The third-order valence-electron chi connectivity index (χ3n) is 6.61. The van der Waals surface area contributed by atoms with Crippen molar-refractivity contribution in [2.24, 2.45) is 0 Å². The Kier molecular flexibility index (Phi) is 3.62. The van der Waals surface area contributed by atoms with Crippen molar-refractivity contribution in [3.63, 3.8) is 0 Å². The molecule has 0 amide bonds. The topological polar surface area (TPSA) is 12.9 Å². The van der Waals surface area contributed by atoms with Gasteiger partial charge >= 0.3 is 0 Å². The van der Waals surface area contributed by atoms with Crippen LogP contribution in [0.4, 0.5) is 0 Å². The van der Waals surface area contributed by atoms with Crippen molar-refractivity contribution in [3.05, 3.63) is 115 Å². The van der Waals surface area contributed by atoms with Gasteiger partial charge in [-0.1, -0.05) is 103 Å². The quantitative estimate of drug-likeness (QED) is 0.249. The van der Waals surface area contributed by atoms with Crippen molar-refractivity contribution < 1.29 is 0 Å². The number of benzene rings is 6. The van der Waals surface area contributed by atoms with Crippen LogP contribution in [0, 0.1) is 0 Å². The Hall–Kier alpha value is -4.23. The zero-order valence-corrected chi connectivity index (χ0v) is 17.4. The summed E-state index contributed by atoms with van der Waals surface area (Å²) in [6, 6.07) is 41.3. The Balaban J connectivity index is 1.60. The van der Waals surface area contributed by atoms with Gasteiger partial charge in [0.05, 0.1) is 11.2 Å². The van der Waals surface area contributed by atoms with Crippen LogP contribution in [-0.4, -0.2) is 4.98 Å². The number of nitrogens with zero attached hydrogens (tertiary/aromatic N) is 1. The number of rotatable bonds is 1. The molecule has 148 valence electrons. The Morgan fingerprint density at radius 1 is 0.406 bits per heavy atom. The fourth-order valence-corrected chi connectivity index (χ4v) is 5.10. The number of hydrogen-bond acceptors (Lipinski definition) is 1. The van der Waals surface area contributed by atoms with Crippen LogP contribution in [0.2, 0.25) is 0 Å². The molecule has 1 heterocycles. The van der Waals surface area contributed by atoms with E-state index in [0.29, 0.717) is 0 Å². The SMILES string of the molecule is c1ccc2c(c1)ccc1cc(-c3nc4ccccc4c4c3ccc3ccccc34)ccc12. The summed E-state index contributed by atoms with van der Waals surface area (Å²) in [4.78, 5) is 5.15. The third-order valence-corrected chi connectivity index (χ3v) is 6.61. The van der Waals surface area contributed by atoms with Crippen molar-refractivity contribution in [2.75, 3.05) is 0 Å². The van der Waals surface area contributed by atoms with E-state index in [2.05, 4.69) is 115 Å². The molecule has 0 N–H and O–H groups in total. The number of hydrogen-bond donors (Lipinski definition) is 0. The smallest absolute Gasteiger partial charge is 0.0788 e. The van der Waals surface area contributed by atoms with E-state index in [1.54, 1.807) is 0 Å². The lowest BCUT2D eigenvalue weighted by molar-refractivity contribution is 1.43. The highest BCUT2D eigenvalue weighted by Gasteiger charge is 2.13. The third kappa shape index (κ3) is 2.48. The lowest BCUT2D eigenvalue weighted by Gasteiger charge is -2.13. The first-order valence-electron chi connectivity index (χ1n) is 11.0. The van der Waals surface area contributed by atoms with Crippen LogP contribution in [0.25, 0.3) is 65.3 Å². The summed E-state index contributed by atoms with van der Waals surface area (Å²) in [5, 5.41) is 11.3. The van der Waals surface area contributed by atoms with Gasteiger partial charge in [-0.3, -0.25) is 0 Å². The molecular weight excluding hydrogens is 386 g/mol. The first-order valence-corrected chi connectivity index (χ1v) is 11.0. The zero-order chi connectivity index (χ0) is 21.1. The minimum absolute atomic E-state index is 1.03. The van der Waals surface area contributed by atoms with Crippen molar-refractivity contribution >= 4 is 54.0 Å². The average molecular weight is 406 g/mol.